The molecular weight excluding hydrogens is 297 g/mol. The molecule has 0 aliphatic carbocycles. The van der Waals surface area contributed by atoms with E-state index in [4.69, 9.17) is 4.42 Å². The van der Waals surface area contributed by atoms with Gasteiger partial charge in [0.15, 0.2) is 0 Å². The number of furan rings is 1. The molecule has 6 heteroatoms. The number of nitrogens with one attached hydrogen (secondary N) is 2. The zero-order chi connectivity index (χ0) is 16.1. The Hall–Kier alpha value is -3.15. The number of carbonyl (C=O) groups excluding carboxylic acids is 1. The largest absolute Gasteiger partial charge is 0.467 e. The highest BCUT2D eigenvalue weighted by Crippen LogP contribution is 2.14. The quantitative estimate of drug-likeness (QED) is 0.754. The van der Waals surface area contributed by atoms with E-state index < -0.39 is 11.7 Å². The normalized spacial score (nSPS) is 10.3. The summed E-state index contributed by atoms with van der Waals surface area (Å²) in [5, 5.41) is 5.61. The molecule has 0 radical (unpaired) electrons. The molecule has 23 heavy (non-hydrogen) atoms. The van der Waals surface area contributed by atoms with E-state index >= 15 is 0 Å². The Balaban J connectivity index is 1.62. The lowest BCUT2D eigenvalue weighted by Gasteiger charge is -2.07. The Morgan fingerprint density at radius 1 is 1.13 bits per heavy atom. The number of para-hydroxylation sites is 1. The van der Waals surface area contributed by atoms with Gasteiger partial charge in [-0.2, -0.15) is 0 Å². The molecule has 0 saturated heterocycles. The molecule has 2 N–H and O–H groups in total. The first-order chi connectivity index (χ1) is 11.2. The van der Waals surface area contributed by atoms with Gasteiger partial charge in [-0.05, 0) is 36.4 Å². The number of aromatic nitrogens is 1. The van der Waals surface area contributed by atoms with Crippen LogP contribution in [0.15, 0.2) is 65.4 Å². The zero-order valence-corrected chi connectivity index (χ0v) is 12.1. The fourth-order valence-corrected chi connectivity index (χ4v) is 1.98. The summed E-state index contributed by atoms with van der Waals surface area (Å²) in [6, 6.07) is 12.9. The highest BCUT2D eigenvalue weighted by molar-refractivity contribution is 6.03. The van der Waals surface area contributed by atoms with Crippen LogP contribution >= 0.6 is 0 Å². The maximum atomic E-state index is 13.5. The van der Waals surface area contributed by atoms with Gasteiger partial charge in [0.2, 0.25) is 0 Å². The van der Waals surface area contributed by atoms with Gasteiger partial charge in [-0.3, -0.25) is 4.79 Å². The van der Waals surface area contributed by atoms with Crippen molar-refractivity contribution in [1.29, 1.82) is 0 Å². The Morgan fingerprint density at radius 2 is 2.00 bits per heavy atom. The van der Waals surface area contributed by atoms with Crippen LogP contribution in [-0.4, -0.2) is 10.9 Å². The lowest BCUT2D eigenvalue weighted by Crippen LogP contribution is -2.14. The molecule has 0 spiro atoms. The minimum absolute atomic E-state index is 0.124. The van der Waals surface area contributed by atoms with Gasteiger partial charge in [0, 0.05) is 0 Å². The van der Waals surface area contributed by atoms with Crippen molar-refractivity contribution < 1.29 is 13.6 Å². The maximum Gasteiger partial charge on any atom is 0.274 e. The Bertz CT molecular complexity index is 786. The molecule has 2 heterocycles. The predicted molar refractivity (Wildman–Crippen MR) is 84.6 cm³/mol. The SMILES string of the molecule is O=C(Nc1ccccc1F)c1ccc(NCc2ccco2)cn1. The number of benzene rings is 1. The molecule has 2 aromatic heterocycles. The minimum Gasteiger partial charge on any atom is -0.467 e. The molecule has 3 rings (SSSR count). The number of halogens is 1. The van der Waals surface area contributed by atoms with Gasteiger partial charge in [0.25, 0.3) is 5.91 Å². The molecule has 1 amide bonds. The lowest BCUT2D eigenvalue weighted by atomic mass is 10.2. The van der Waals surface area contributed by atoms with E-state index in [1.807, 2.05) is 12.1 Å². The van der Waals surface area contributed by atoms with Crippen LogP contribution in [0.4, 0.5) is 15.8 Å². The summed E-state index contributed by atoms with van der Waals surface area (Å²) >= 11 is 0. The van der Waals surface area contributed by atoms with E-state index in [0.29, 0.717) is 6.54 Å². The average Bonchev–Trinajstić information content (AvgIpc) is 3.09. The molecule has 116 valence electrons. The van der Waals surface area contributed by atoms with E-state index in [0.717, 1.165) is 11.4 Å². The molecular formula is C17H14FN3O2. The van der Waals surface area contributed by atoms with Gasteiger partial charge in [0.1, 0.15) is 17.3 Å². The van der Waals surface area contributed by atoms with Crippen LogP contribution in [0.25, 0.3) is 0 Å². The predicted octanol–water partition coefficient (Wildman–Crippen LogP) is 3.68. The van der Waals surface area contributed by atoms with Gasteiger partial charge >= 0.3 is 0 Å². The van der Waals surface area contributed by atoms with Gasteiger partial charge in [-0.1, -0.05) is 12.1 Å². The van der Waals surface area contributed by atoms with E-state index in [1.165, 1.54) is 12.1 Å². The van der Waals surface area contributed by atoms with Crippen LogP contribution in [-0.2, 0) is 6.54 Å². The molecule has 0 bridgehead atoms. The van der Waals surface area contributed by atoms with Crippen molar-refractivity contribution in [2.45, 2.75) is 6.54 Å². The monoisotopic (exact) mass is 311 g/mol. The van der Waals surface area contributed by atoms with E-state index in [1.54, 1.807) is 36.7 Å². The second-order valence-electron chi connectivity index (χ2n) is 4.80. The first kappa shape index (κ1) is 14.8. The second kappa shape index (κ2) is 6.74. The number of rotatable bonds is 5. The summed E-state index contributed by atoms with van der Waals surface area (Å²) in [6.07, 6.45) is 3.14. The van der Waals surface area contributed by atoms with Crippen molar-refractivity contribution in [2.24, 2.45) is 0 Å². The number of hydrogen-bond donors (Lipinski definition) is 2. The standard InChI is InChI=1S/C17H14FN3O2/c18-14-5-1-2-6-15(14)21-17(22)16-8-7-12(10-20-16)19-11-13-4-3-9-23-13/h1-10,19H,11H2,(H,21,22). The Kier molecular flexibility index (Phi) is 4.33. The molecule has 0 unspecified atom stereocenters. The number of anilines is 2. The summed E-state index contributed by atoms with van der Waals surface area (Å²) in [5.41, 5.74) is 1.08. The van der Waals surface area contributed by atoms with E-state index in [-0.39, 0.29) is 11.4 Å². The number of carbonyl (C=O) groups is 1. The molecule has 3 aromatic rings. The van der Waals surface area contributed by atoms with Crippen molar-refractivity contribution in [1.82, 2.24) is 4.98 Å². The Morgan fingerprint density at radius 3 is 2.70 bits per heavy atom. The number of hydrogen-bond acceptors (Lipinski definition) is 4. The molecule has 0 aliphatic rings. The van der Waals surface area contributed by atoms with Gasteiger partial charge in [-0.15, -0.1) is 0 Å². The van der Waals surface area contributed by atoms with Crippen LogP contribution in [0, 0.1) is 5.82 Å². The van der Waals surface area contributed by atoms with Crippen molar-refractivity contribution in [3.05, 3.63) is 78.3 Å². The van der Waals surface area contributed by atoms with Crippen molar-refractivity contribution in [2.75, 3.05) is 10.6 Å². The average molecular weight is 311 g/mol. The first-order valence-corrected chi connectivity index (χ1v) is 7.00. The molecule has 0 fully saturated rings. The highest BCUT2D eigenvalue weighted by Gasteiger charge is 2.10. The van der Waals surface area contributed by atoms with Crippen LogP contribution < -0.4 is 10.6 Å². The van der Waals surface area contributed by atoms with Crippen LogP contribution in [0.3, 0.4) is 0 Å². The second-order valence-corrected chi connectivity index (χ2v) is 4.80. The summed E-state index contributed by atoms with van der Waals surface area (Å²) in [4.78, 5) is 16.1. The summed E-state index contributed by atoms with van der Waals surface area (Å²) in [5.74, 6) is -0.156. The van der Waals surface area contributed by atoms with E-state index in [9.17, 15) is 9.18 Å². The third kappa shape index (κ3) is 3.74. The minimum atomic E-state index is -0.488. The zero-order valence-electron chi connectivity index (χ0n) is 12.1. The lowest BCUT2D eigenvalue weighted by molar-refractivity contribution is 0.102. The summed E-state index contributed by atoms with van der Waals surface area (Å²) in [7, 11) is 0. The summed E-state index contributed by atoms with van der Waals surface area (Å²) in [6.45, 7) is 0.523. The smallest absolute Gasteiger partial charge is 0.274 e. The molecule has 0 atom stereocenters. The Labute approximate surface area is 132 Å². The van der Waals surface area contributed by atoms with Gasteiger partial charge in [0.05, 0.1) is 30.4 Å². The van der Waals surface area contributed by atoms with Crippen LogP contribution in [0.1, 0.15) is 16.2 Å². The van der Waals surface area contributed by atoms with Crippen molar-refractivity contribution in [3.8, 4) is 0 Å². The highest BCUT2D eigenvalue weighted by atomic mass is 19.1. The third-order valence-electron chi connectivity index (χ3n) is 3.17. The van der Waals surface area contributed by atoms with Crippen LogP contribution in [0.2, 0.25) is 0 Å². The third-order valence-corrected chi connectivity index (χ3v) is 3.17. The molecule has 1 aromatic carbocycles. The van der Waals surface area contributed by atoms with Gasteiger partial charge < -0.3 is 15.1 Å². The molecule has 0 saturated carbocycles. The fraction of sp³-hybridized carbons (Fsp3) is 0.0588. The number of nitrogens with zero attached hydrogens (tertiary/aromatic N) is 1. The summed E-state index contributed by atoms with van der Waals surface area (Å²) < 4.78 is 18.7. The topological polar surface area (TPSA) is 67.2 Å². The van der Waals surface area contributed by atoms with E-state index in [2.05, 4.69) is 15.6 Å². The number of pyridine rings is 1. The molecule has 0 aliphatic heterocycles. The van der Waals surface area contributed by atoms with Crippen LogP contribution in [0.5, 0.6) is 0 Å². The van der Waals surface area contributed by atoms with Crippen molar-refractivity contribution in [3.63, 3.8) is 0 Å². The maximum absolute atomic E-state index is 13.5. The fourth-order valence-electron chi connectivity index (χ4n) is 1.98. The van der Waals surface area contributed by atoms with Gasteiger partial charge in [-0.25, -0.2) is 9.37 Å². The van der Waals surface area contributed by atoms with Crippen molar-refractivity contribution >= 4 is 17.3 Å². The first-order valence-electron chi connectivity index (χ1n) is 7.00. The molecule has 5 nitrogen and oxygen atoms in total. The number of amides is 1.